The number of rotatable bonds is 28. The van der Waals surface area contributed by atoms with Crippen molar-refractivity contribution in [3.8, 4) is 0 Å². The summed E-state index contributed by atoms with van der Waals surface area (Å²) in [5.41, 5.74) is 7.06. The molecule has 15 nitrogen and oxygen atoms in total. The fourth-order valence-corrected chi connectivity index (χ4v) is 7.08. The van der Waals surface area contributed by atoms with Gasteiger partial charge in [-0.3, -0.25) is 14.4 Å². The molecule has 1 aliphatic heterocycles. The maximum absolute atomic E-state index is 13.0. The van der Waals surface area contributed by atoms with E-state index in [1.54, 1.807) is 26.0 Å². The minimum Gasteiger partial charge on any atom is -0.495 e. The molecule has 0 saturated carbocycles. The van der Waals surface area contributed by atoms with E-state index in [2.05, 4.69) is 28.2 Å². The van der Waals surface area contributed by atoms with Gasteiger partial charge in [0.25, 0.3) is 0 Å². The third kappa shape index (κ3) is 19.1. The number of benzene rings is 3. The van der Waals surface area contributed by atoms with Crippen LogP contribution in [-0.2, 0) is 62.1 Å². The molecule has 3 unspecified atom stereocenters. The molecule has 3 aromatic rings. The standard InChI is InChI=1S/C55H73N3O12/c1-9-12-46(39(4)5)20-13-42(8)67-35-52(32-61)70-55(64)29-45-18-25-49(26-19-45)58-37-56(47-21-14-43(15-22-47)27-53(62)68-50(30-59)33-65-40(6)10-2)36-57(38-58)48-23-16-44(17-24-48)28-54(63)69-51(31-60)34-66-41(7)11-3/h10-11,13-26,50-52,59-61H,4,9,12,27-38H2,1-3,5-8H3/b40-10+,41-11+,42-13+,46-20-. The van der Waals surface area contributed by atoms with Gasteiger partial charge < -0.3 is 58.4 Å². The number of carbonyl (C=O) groups is 3. The fourth-order valence-electron chi connectivity index (χ4n) is 7.08. The normalized spacial score (nSPS) is 14.9. The van der Waals surface area contributed by atoms with Crippen molar-refractivity contribution < 1.29 is 58.1 Å². The lowest BCUT2D eigenvalue weighted by molar-refractivity contribution is -0.153. The molecule has 3 aromatic carbocycles. The van der Waals surface area contributed by atoms with Crippen molar-refractivity contribution in [3.05, 3.63) is 149 Å². The lowest BCUT2D eigenvalue weighted by Crippen LogP contribution is -2.55. The van der Waals surface area contributed by atoms with Crippen molar-refractivity contribution in [2.24, 2.45) is 0 Å². The number of esters is 3. The molecule has 0 aromatic heterocycles. The van der Waals surface area contributed by atoms with Crippen LogP contribution in [0.1, 0.15) is 78.0 Å². The zero-order valence-electron chi connectivity index (χ0n) is 41.9. The zero-order chi connectivity index (χ0) is 51.0. The predicted octanol–water partition coefficient (Wildman–Crippen LogP) is 7.84. The molecule has 0 radical (unpaired) electrons. The summed E-state index contributed by atoms with van der Waals surface area (Å²) in [6, 6.07) is 23.0. The van der Waals surface area contributed by atoms with Crippen molar-refractivity contribution in [2.75, 3.05) is 74.3 Å². The number of ether oxygens (including phenoxy) is 6. The number of allylic oxidation sites excluding steroid dienone is 9. The van der Waals surface area contributed by atoms with Crippen molar-refractivity contribution >= 4 is 35.0 Å². The number of carbonyl (C=O) groups excluding carboxylic acids is 3. The molecule has 1 saturated heterocycles. The monoisotopic (exact) mass is 968 g/mol. The first-order chi connectivity index (χ1) is 33.7. The van der Waals surface area contributed by atoms with E-state index >= 15 is 0 Å². The van der Waals surface area contributed by atoms with E-state index in [1.165, 1.54) is 0 Å². The van der Waals surface area contributed by atoms with E-state index in [0.29, 0.717) is 37.3 Å². The molecular weight excluding hydrogens is 895 g/mol. The Morgan fingerprint density at radius 1 is 0.543 bits per heavy atom. The molecule has 70 heavy (non-hydrogen) atoms. The molecule has 0 spiro atoms. The number of hydrogen-bond acceptors (Lipinski definition) is 15. The Hall–Kier alpha value is -6.55. The molecule has 0 aliphatic carbocycles. The van der Waals surface area contributed by atoms with Crippen molar-refractivity contribution in [3.63, 3.8) is 0 Å². The van der Waals surface area contributed by atoms with Gasteiger partial charge >= 0.3 is 17.9 Å². The topological polar surface area (TPSA) is 177 Å². The lowest BCUT2D eigenvalue weighted by Gasteiger charge is -2.45. The van der Waals surface area contributed by atoms with Crippen LogP contribution >= 0.6 is 0 Å². The predicted molar refractivity (Wildman–Crippen MR) is 272 cm³/mol. The Kier molecular flexibility index (Phi) is 23.6. The average molecular weight is 968 g/mol. The van der Waals surface area contributed by atoms with Gasteiger partial charge in [0.1, 0.15) is 19.8 Å². The van der Waals surface area contributed by atoms with Crippen LogP contribution in [0.5, 0.6) is 0 Å². The quantitative estimate of drug-likeness (QED) is 0.0278. The van der Waals surface area contributed by atoms with Crippen LogP contribution in [0.15, 0.2) is 132 Å². The van der Waals surface area contributed by atoms with Gasteiger partial charge in [0.15, 0.2) is 18.3 Å². The minimum absolute atomic E-state index is 0.0000266. The number of aliphatic hydroxyl groups is 3. The Labute approximate surface area is 413 Å². The molecule has 0 bridgehead atoms. The Bertz CT molecular complexity index is 2160. The third-order valence-corrected chi connectivity index (χ3v) is 11.4. The Morgan fingerprint density at radius 2 is 0.857 bits per heavy atom. The first kappa shape index (κ1) is 56.0. The van der Waals surface area contributed by atoms with E-state index in [0.717, 1.165) is 57.7 Å². The van der Waals surface area contributed by atoms with Crippen molar-refractivity contribution in [1.29, 1.82) is 0 Å². The molecule has 3 N–H and O–H groups in total. The van der Waals surface area contributed by atoms with Crippen LogP contribution in [0.3, 0.4) is 0 Å². The van der Waals surface area contributed by atoms with Gasteiger partial charge in [-0.2, -0.15) is 0 Å². The minimum atomic E-state index is -0.834. The maximum Gasteiger partial charge on any atom is 0.310 e. The molecule has 1 aliphatic rings. The first-order valence-corrected chi connectivity index (χ1v) is 23.8. The second-order valence-corrected chi connectivity index (χ2v) is 17.2. The molecule has 1 heterocycles. The summed E-state index contributed by atoms with van der Waals surface area (Å²) in [7, 11) is 0. The molecule has 1 fully saturated rings. The highest BCUT2D eigenvalue weighted by Crippen LogP contribution is 2.28. The Balaban J connectivity index is 1.47. The number of anilines is 3. The maximum atomic E-state index is 13.0. The third-order valence-electron chi connectivity index (χ3n) is 11.4. The number of nitrogens with zero attached hydrogens (tertiary/aromatic N) is 3. The van der Waals surface area contributed by atoms with Gasteiger partial charge in [0.2, 0.25) is 0 Å². The molecule has 3 atom stereocenters. The molecule has 15 heteroatoms. The zero-order valence-corrected chi connectivity index (χ0v) is 41.9. The van der Waals surface area contributed by atoms with Crippen LogP contribution < -0.4 is 14.7 Å². The summed E-state index contributed by atoms with van der Waals surface area (Å²) in [4.78, 5) is 45.3. The second-order valence-electron chi connectivity index (χ2n) is 17.2. The van der Waals surface area contributed by atoms with Crippen LogP contribution in [0.2, 0.25) is 0 Å². The van der Waals surface area contributed by atoms with E-state index in [-0.39, 0.29) is 58.9 Å². The molecule has 380 valence electrons. The van der Waals surface area contributed by atoms with Gasteiger partial charge in [-0.05, 0) is 113 Å². The smallest absolute Gasteiger partial charge is 0.310 e. The van der Waals surface area contributed by atoms with Crippen LogP contribution in [0.25, 0.3) is 0 Å². The van der Waals surface area contributed by atoms with Crippen LogP contribution in [-0.4, -0.2) is 111 Å². The van der Waals surface area contributed by atoms with Gasteiger partial charge in [0, 0.05) is 17.1 Å². The molecule has 4 rings (SSSR count). The van der Waals surface area contributed by atoms with Gasteiger partial charge in [-0.1, -0.05) is 80.1 Å². The van der Waals surface area contributed by atoms with Gasteiger partial charge in [0.05, 0.1) is 76.4 Å². The summed E-state index contributed by atoms with van der Waals surface area (Å²) in [6.07, 6.45) is 6.93. The largest absolute Gasteiger partial charge is 0.495 e. The Morgan fingerprint density at radius 3 is 1.13 bits per heavy atom. The van der Waals surface area contributed by atoms with Crippen LogP contribution in [0, 0.1) is 0 Å². The lowest BCUT2D eigenvalue weighted by atomic mass is 10.0. The highest BCUT2D eigenvalue weighted by atomic mass is 16.6. The summed E-state index contributed by atoms with van der Waals surface area (Å²) in [5.74, 6) is 0.519. The van der Waals surface area contributed by atoms with Crippen molar-refractivity contribution in [2.45, 2.75) is 98.9 Å². The van der Waals surface area contributed by atoms with Gasteiger partial charge in [-0.15, -0.1) is 0 Å². The van der Waals surface area contributed by atoms with Crippen molar-refractivity contribution in [1.82, 2.24) is 0 Å². The van der Waals surface area contributed by atoms with Crippen LogP contribution in [0.4, 0.5) is 17.1 Å². The summed E-state index contributed by atoms with van der Waals surface area (Å²) < 4.78 is 33.4. The molecular formula is C55H73N3O12. The highest BCUT2D eigenvalue weighted by Gasteiger charge is 2.26. The van der Waals surface area contributed by atoms with E-state index in [1.807, 2.05) is 113 Å². The summed E-state index contributed by atoms with van der Waals surface area (Å²) in [5, 5.41) is 29.5. The fraction of sp³-hybridized carbons (Fsp3) is 0.436. The van der Waals surface area contributed by atoms with E-state index in [9.17, 15) is 29.7 Å². The summed E-state index contributed by atoms with van der Waals surface area (Å²) in [6.45, 7) is 17.7. The average Bonchev–Trinajstić information content (AvgIpc) is 3.36. The summed E-state index contributed by atoms with van der Waals surface area (Å²) >= 11 is 0. The van der Waals surface area contributed by atoms with E-state index in [4.69, 9.17) is 28.4 Å². The first-order valence-electron chi connectivity index (χ1n) is 23.8. The number of hydrogen-bond donors (Lipinski definition) is 3. The SMILES string of the molecule is C=C(C)/C(=C\C=C(/C)OCC(CO)OC(=O)Cc1ccc(N2CN(c3ccc(CC(=O)OC(CO)CO/C(C)=C/C)cc3)CN(c3ccc(CC(=O)OC(CO)CO/C(C)=C/C)cc3)C2)cc1)CCC. The molecule has 0 amide bonds. The second kappa shape index (κ2) is 29.5. The van der Waals surface area contributed by atoms with E-state index < -0.39 is 36.2 Å². The highest BCUT2D eigenvalue weighted by molar-refractivity contribution is 5.74. The number of aliphatic hydroxyl groups excluding tert-OH is 3. The van der Waals surface area contributed by atoms with Gasteiger partial charge in [-0.25, -0.2) is 0 Å².